The maximum absolute atomic E-state index is 5.75. The summed E-state index contributed by atoms with van der Waals surface area (Å²) in [5.41, 5.74) is 0. The molecule has 5 nitrogen and oxygen atoms in total. The number of aromatic nitrogens is 4. The van der Waals surface area contributed by atoms with E-state index in [2.05, 4.69) is 29.4 Å². The van der Waals surface area contributed by atoms with Gasteiger partial charge in [0.05, 0.1) is 24.6 Å². The van der Waals surface area contributed by atoms with Crippen LogP contribution in [0.3, 0.4) is 0 Å². The number of nitrogens with zero attached hydrogens (tertiary/aromatic N) is 4. The van der Waals surface area contributed by atoms with Gasteiger partial charge in [-0.25, -0.2) is 4.68 Å². The van der Waals surface area contributed by atoms with Gasteiger partial charge in [0.2, 0.25) is 0 Å². The minimum atomic E-state index is 0.237. The van der Waals surface area contributed by atoms with Crippen molar-refractivity contribution in [2.24, 2.45) is 5.92 Å². The molecule has 15 heavy (non-hydrogen) atoms. The van der Waals surface area contributed by atoms with Crippen molar-refractivity contribution in [1.82, 2.24) is 20.2 Å². The van der Waals surface area contributed by atoms with Crippen molar-refractivity contribution in [1.29, 1.82) is 0 Å². The third-order valence-corrected chi connectivity index (χ3v) is 3.02. The summed E-state index contributed by atoms with van der Waals surface area (Å²) in [6.07, 6.45) is 1.27. The van der Waals surface area contributed by atoms with Crippen molar-refractivity contribution in [3.63, 3.8) is 0 Å². The molecule has 0 saturated carbocycles. The summed E-state index contributed by atoms with van der Waals surface area (Å²) in [6, 6.07) is 0.237. The number of hydrogen-bond donors (Lipinski definition) is 0. The standard InChI is InChI=1S/C9H15ClN4O/c1-6(2)8-3-7(5-15-8)14-9(4-10)11-12-13-14/h6-8H,3-5H2,1-2H3. The first kappa shape index (κ1) is 10.8. The molecule has 1 aromatic heterocycles. The molecule has 2 rings (SSSR count). The summed E-state index contributed by atoms with van der Waals surface area (Å²) in [5, 5.41) is 11.4. The van der Waals surface area contributed by atoms with E-state index in [1.54, 1.807) is 4.68 Å². The fraction of sp³-hybridized carbons (Fsp3) is 0.889. The Bertz CT molecular complexity index is 328. The number of ether oxygens (including phenoxy) is 1. The number of hydrogen-bond acceptors (Lipinski definition) is 4. The van der Waals surface area contributed by atoms with E-state index < -0.39 is 0 Å². The molecule has 1 saturated heterocycles. The van der Waals surface area contributed by atoms with Gasteiger partial charge >= 0.3 is 0 Å². The fourth-order valence-electron chi connectivity index (χ4n) is 1.86. The summed E-state index contributed by atoms with van der Waals surface area (Å²) in [5.74, 6) is 1.59. The summed E-state index contributed by atoms with van der Waals surface area (Å²) >= 11 is 5.75. The van der Waals surface area contributed by atoms with Gasteiger partial charge in [0.15, 0.2) is 5.82 Å². The summed E-state index contributed by atoms with van der Waals surface area (Å²) in [6.45, 7) is 5.00. The molecular weight excluding hydrogens is 216 g/mol. The molecule has 0 N–H and O–H groups in total. The van der Waals surface area contributed by atoms with Crippen LogP contribution in [0.5, 0.6) is 0 Å². The van der Waals surface area contributed by atoms with Crippen LogP contribution in [-0.2, 0) is 10.6 Å². The summed E-state index contributed by atoms with van der Waals surface area (Å²) < 4.78 is 7.48. The molecular formula is C9H15ClN4O. The van der Waals surface area contributed by atoms with Crippen LogP contribution in [0.25, 0.3) is 0 Å². The average Bonchev–Trinajstić information content (AvgIpc) is 2.85. The smallest absolute Gasteiger partial charge is 0.166 e. The lowest BCUT2D eigenvalue weighted by atomic mass is 10.0. The van der Waals surface area contributed by atoms with E-state index in [4.69, 9.17) is 16.3 Å². The zero-order chi connectivity index (χ0) is 10.8. The molecule has 1 aliphatic heterocycles. The normalized spacial score (nSPS) is 26.4. The highest BCUT2D eigenvalue weighted by molar-refractivity contribution is 6.16. The van der Waals surface area contributed by atoms with Crippen molar-refractivity contribution in [3.8, 4) is 0 Å². The van der Waals surface area contributed by atoms with Gasteiger partial charge in [-0.2, -0.15) is 0 Å². The van der Waals surface area contributed by atoms with E-state index >= 15 is 0 Å². The van der Waals surface area contributed by atoms with Gasteiger partial charge in [-0.3, -0.25) is 0 Å². The van der Waals surface area contributed by atoms with Crippen molar-refractivity contribution in [2.75, 3.05) is 6.61 Å². The lowest BCUT2D eigenvalue weighted by molar-refractivity contribution is 0.0729. The minimum absolute atomic E-state index is 0.237. The Balaban J connectivity index is 2.07. The molecule has 84 valence electrons. The fourth-order valence-corrected chi connectivity index (χ4v) is 2.03. The van der Waals surface area contributed by atoms with Crippen LogP contribution in [0, 0.1) is 5.92 Å². The van der Waals surface area contributed by atoms with Crippen molar-refractivity contribution < 1.29 is 4.74 Å². The minimum Gasteiger partial charge on any atom is -0.376 e. The molecule has 1 aliphatic rings. The predicted octanol–water partition coefficient (Wildman–Crippen LogP) is 1.40. The third-order valence-electron chi connectivity index (χ3n) is 2.78. The summed E-state index contributed by atoms with van der Waals surface area (Å²) in [7, 11) is 0. The van der Waals surface area contributed by atoms with Crippen LogP contribution in [0.2, 0.25) is 0 Å². The van der Waals surface area contributed by atoms with Crippen LogP contribution in [0.15, 0.2) is 0 Å². The number of halogens is 1. The van der Waals surface area contributed by atoms with E-state index in [1.807, 2.05) is 0 Å². The molecule has 1 fully saturated rings. The van der Waals surface area contributed by atoms with Gasteiger partial charge < -0.3 is 4.74 Å². The maximum Gasteiger partial charge on any atom is 0.166 e. The predicted molar refractivity (Wildman–Crippen MR) is 55.6 cm³/mol. The van der Waals surface area contributed by atoms with Gasteiger partial charge in [-0.1, -0.05) is 13.8 Å². The largest absolute Gasteiger partial charge is 0.376 e. The van der Waals surface area contributed by atoms with Crippen LogP contribution >= 0.6 is 11.6 Å². The molecule has 2 heterocycles. The van der Waals surface area contributed by atoms with E-state index in [0.717, 1.165) is 12.2 Å². The van der Waals surface area contributed by atoms with Crippen LogP contribution in [0.4, 0.5) is 0 Å². The highest BCUT2D eigenvalue weighted by Crippen LogP contribution is 2.28. The SMILES string of the molecule is CC(C)C1CC(n2nnnc2CCl)CO1. The highest BCUT2D eigenvalue weighted by Gasteiger charge is 2.30. The number of rotatable bonds is 3. The first-order valence-corrected chi connectivity index (χ1v) is 5.70. The van der Waals surface area contributed by atoms with E-state index in [1.165, 1.54) is 0 Å². The highest BCUT2D eigenvalue weighted by atomic mass is 35.5. The molecule has 1 aromatic rings. The van der Waals surface area contributed by atoms with Crippen LogP contribution in [0.1, 0.15) is 32.1 Å². The molecule has 0 bridgehead atoms. The van der Waals surface area contributed by atoms with Crippen molar-refractivity contribution in [3.05, 3.63) is 5.82 Å². The molecule has 0 amide bonds. The van der Waals surface area contributed by atoms with E-state index in [-0.39, 0.29) is 6.04 Å². The maximum atomic E-state index is 5.75. The Labute approximate surface area is 93.7 Å². The second-order valence-electron chi connectivity index (χ2n) is 4.18. The molecule has 2 atom stereocenters. The zero-order valence-corrected chi connectivity index (χ0v) is 9.68. The second-order valence-corrected chi connectivity index (χ2v) is 4.45. The number of alkyl halides is 1. The quantitative estimate of drug-likeness (QED) is 0.737. The average molecular weight is 231 g/mol. The Hall–Kier alpha value is -0.680. The van der Waals surface area contributed by atoms with Crippen LogP contribution < -0.4 is 0 Å². The van der Waals surface area contributed by atoms with E-state index in [0.29, 0.717) is 24.5 Å². The molecule has 6 heteroatoms. The Kier molecular flexibility index (Phi) is 3.21. The van der Waals surface area contributed by atoms with E-state index in [9.17, 15) is 0 Å². The molecule has 2 unspecified atom stereocenters. The molecule has 0 aromatic carbocycles. The van der Waals surface area contributed by atoms with Crippen molar-refractivity contribution in [2.45, 2.75) is 38.3 Å². The number of tetrazole rings is 1. The Morgan fingerprint density at radius 1 is 1.60 bits per heavy atom. The van der Waals surface area contributed by atoms with Gasteiger partial charge in [0, 0.05) is 0 Å². The second kappa shape index (κ2) is 4.45. The first-order chi connectivity index (χ1) is 7.22. The van der Waals surface area contributed by atoms with Gasteiger partial charge in [-0.05, 0) is 22.8 Å². The Morgan fingerprint density at radius 2 is 2.40 bits per heavy atom. The van der Waals surface area contributed by atoms with Gasteiger partial charge in [-0.15, -0.1) is 16.7 Å². The zero-order valence-electron chi connectivity index (χ0n) is 8.93. The third kappa shape index (κ3) is 2.13. The van der Waals surface area contributed by atoms with Gasteiger partial charge in [0.1, 0.15) is 0 Å². The lowest BCUT2D eigenvalue weighted by Crippen LogP contribution is -2.15. The topological polar surface area (TPSA) is 52.8 Å². The molecule has 0 aliphatic carbocycles. The van der Waals surface area contributed by atoms with Crippen molar-refractivity contribution >= 4 is 11.6 Å². The monoisotopic (exact) mass is 230 g/mol. The lowest BCUT2D eigenvalue weighted by Gasteiger charge is -2.13. The molecule has 0 radical (unpaired) electrons. The van der Waals surface area contributed by atoms with Crippen LogP contribution in [-0.4, -0.2) is 32.9 Å². The summed E-state index contributed by atoms with van der Waals surface area (Å²) in [4.78, 5) is 0. The first-order valence-electron chi connectivity index (χ1n) is 5.16. The Morgan fingerprint density at radius 3 is 3.00 bits per heavy atom. The van der Waals surface area contributed by atoms with Gasteiger partial charge in [0.25, 0.3) is 0 Å². The molecule has 0 spiro atoms.